The summed E-state index contributed by atoms with van der Waals surface area (Å²) in [5.41, 5.74) is 0.848. The second-order valence-corrected chi connectivity index (χ2v) is 3.91. The van der Waals surface area contributed by atoms with Crippen LogP contribution >= 0.6 is 0 Å². The molecule has 0 aromatic carbocycles. The van der Waals surface area contributed by atoms with Crippen LogP contribution < -0.4 is 5.32 Å². The van der Waals surface area contributed by atoms with E-state index >= 15 is 0 Å². The monoisotopic (exact) mass is 176 g/mol. The van der Waals surface area contributed by atoms with Crippen LogP contribution in [0.25, 0.3) is 0 Å². The van der Waals surface area contributed by atoms with Crippen LogP contribution in [-0.4, -0.2) is 10.9 Å². The average Bonchev–Trinajstić information content (AvgIpc) is 2.15. The molecule has 68 valence electrons. The van der Waals surface area contributed by atoms with Crippen molar-refractivity contribution in [1.29, 1.82) is 0 Å². The molecule has 1 N–H and O–H groups in total. The van der Waals surface area contributed by atoms with E-state index in [1.807, 2.05) is 26.0 Å². The molecule has 3 heteroatoms. The highest BCUT2D eigenvalue weighted by Crippen LogP contribution is 2.40. The zero-order valence-corrected chi connectivity index (χ0v) is 7.74. The minimum Gasteiger partial charge on any atom is -0.348 e. The van der Waals surface area contributed by atoms with Crippen LogP contribution in [0.15, 0.2) is 24.5 Å². The number of hydrogen-bond donors (Lipinski definition) is 1. The topological polar surface area (TPSA) is 42.0 Å². The van der Waals surface area contributed by atoms with E-state index in [4.69, 9.17) is 0 Å². The molecule has 1 amide bonds. The van der Waals surface area contributed by atoms with Gasteiger partial charge in [0.15, 0.2) is 0 Å². The number of pyridine rings is 1. The first-order chi connectivity index (χ1) is 6.12. The highest BCUT2D eigenvalue weighted by molar-refractivity contribution is 5.89. The molecule has 0 unspecified atom stereocenters. The maximum absolute atomic E-state index is 11.2. The summed E-state index contributed by atoms with van der Waals surface area (Å²) in [6.07, 6.45) is 3.49. The van der Waals surface area contributed by atoms with Gasteiger partial charge < -0.3 is 5.32 Å². The van der Waals surface area contributed by atoms with Crippen LogP contribution in [0.5, 0.6) is 0 Å². The average molecular weight is 176 g/mol. The van der Waals surface area contributed by atoms with Gasteiger partial charge in [-0.3, -0.25) is 9.78 Å². The predicted molar refractivity (Wildman–Crippen MR) is 48.9 cm³/mol. The molecule has 1 aromatic rings. The maximum Gasteiger partial charge on any atom is 0.228 e. The lowest BCUT2D eigenvalue weighted by atomic mass is 9.73. The minimum absolute atomic E-state index is 0.120. The van der Waals surface area contributed by atoms with Gasteiger partial charge in [-0.2, -0.15) is 0 Å². The fraction of sp³-hybridized carbons (Fsp3) is 0.400. The van der Waals surface area contributed by atoms with Crippen LogP contribution in [0, 0.1) is 5.41 Å². The second-order valence-electron chi connectivity index (χ2n) is 3.91. The number of amides is 1. The number of rotatable bonds is 1. The van der Waals surface area contributed by atoms with Gasteiger partial charge in [0, 0.05) is 12.4 Å². The molecule has 0 saturated carbocycles. The van der Waals surface area contributed by atoms with Crippen molar-refractivity contribution in [2.75, 3.05) is 0 Å². The lowest BCUT2D eigenvalue weighted by Crippen LogP contribution is -2.57. The molecule has 1 aliphatic rings. The van der Waals surface area contributed by atoms with Crippen molar-refractivity contribution in [2.24, 2.45) is 5.41 Å². The zero-order valence-electron chi connectivity index (χ0n) is 7.74. The summed E-state index contributed by atoms with van der Waals surface area (Å²) in [5, 5.41) is 2.88. The van der Waals surface area contributed by atoms with E-state index < -0.39 is 0 Å². The van der Waals surface area contributed by atoms with Gasteiger partial charge in [0.1, 0.15) is 0 Å². The summed E-state index contributed by atoms with van der Waals surface area (Å²) in [6, 6.07) is 4.01. The number of carbonyl (C=O) groups is 1. The Morgan fingerprint density at radius 3 is 2.46 bits per heavy atom. The van der Waals surface area contributed by atoms with E-state index in [0.29, 0.717) is 0 Å². The number of aromatic nitrogens is 1. The van der Waals surface area contributed by atoms with Gasteiger partial charge in [-0.05, 0) is 31.5 Å². The van der Waals surface area contributed by atoms with Crippen LogP contribution in [0.2, 0.25) is 0 Å². The number of hydrogen-bond acceptors (Lipinski definition) is 2. The van der Waals surface area contributed by atoms with Crippen LogP contribution in [0.4, 0.5) is 0 Å². The zero-order chi connectivity index (χ0) is 9.47. The Morgan fingerprint density at radius 2 is 2.00 bits per heavy atom. The van der Waals surface area contributed by atoms with E-state index in [0.717, 1.165) is 5.56 Å². The Morgan fingerprint density at radius 1 is 1.38 bits per heavy atom. The number of nitrogens with zero attached hydrogens (tertiary/aromatic N) is 1. The third-order valence-corrected chi connectivity index (χ3v) is 2.62. The van der Waals surface area contributed by atoms with Gasteiger partial charge in [-0.15, -0.1) is 0 Å². The Labute approximate surface area is 77.2 Å². The van der Waals surface area contributed by atoms with Gasteiger partial charge in [0.05, 0.1) is 11.5 Å². The van der Waals surface area contributed by atoms with Gasteiger partial charge in [-0.1, -0.05) is 0 Å². The number of β-lactam (4-membered cyclic amide) rings is 1. The molecule has 0 radical (unpaired) electrons. The van der Waals surface area contributed by atoms with Gasteiger partial charge in [0.2, 0.25) is 5.91 Å². The Kier molecular flexibility index (Phi) is 1.62. The molecule has 13 heavy (non-hydrogen) atoms. The molecule has 2 rings (SSSR count). The molecule has 0 aliphatic carbocycles. The first kappa shape index (κ1) is 8.23. The molecule has 1 aliphatic heterocycles. The molecule has 1 aromatic heterocycles. The lowest BCUT2D eigenvalue weighted by molar-refractivity contribution is -0.143. The quantitative estimate of drug-likeness (QED) is 0.655. The van der Waals surface area contributed by atoms with Crippen LogP contribution in [0.1, 0.15) is 25.5 Å². The van der Waals surface area contributed by atoms with Gasteiger partial charge >= 0.3 is 0 Å². The smallest absolute Gasteiger partial charge is 0.228 e. The molecular formula is C10H12N2O. The molecule has 1 saturated heterocycles. The minimum atomic E-state index is -0.276. The van der Waals surface area contributed by atoms with Crippen molar-refractivity contribution in [3.8, 4) is 0 Å². The van der Waals surface area contributed by atoms with Crippen molar-refractivity contribution < 1.29 is 4.79 Å². The van der Waals surface area contributed by atoms with E-state index in [2.05, 4.69) is 10.3 Å². The first-order valence-electron chi connectivity index (χ1n) is 4.33. The summed E-state index contributed by atoms with van der Waals surface area (Å²) < 4.78 is 0. The third kappa shape index (κ3) is 1.11. The van der Waals surface area contributed by atoms with Crippen molar-refractivity contribution in [3.63, 3.8) is 0 Å². The largest absolute Gasteiger partial charge is 0.348 e. The SMILES string of the molecule is CC1(C)C(=O)N[C@H]1c1ccncc1. The number of carbonyl (C=O) groups excluding carboxylic acids is 1. The van der Waals surface area contributed by atoms with Crippen molar-refractivity contribution >= 4 is 5.91 Å². The fourth-order valence-corrected chi connectivity index (χ4v) is 1.61. The summed E-state index contributed by atoms with van der Waals surface area (Å²) >= 11 is 0. The van der Waals surface area contributed by atoms with Crippen molar-refractivity contribution in [2.45, 2.75) is 19.9 Å². The lowest BCUT2D eigenvalue weighted by Gasteiger charge is -2.44. The van der Waals surface area contributed by atoms with Gasteiger partial charge in [-0.25, -0.2) is 0 Å². The molecule has 3 nitrogen and oxygen atoms in total. The van der Waals surface area contributed by atoms with Crippen LogP contribution in [0.3, 0.4) is 0 Å². The van der Waals surface area contributed by atoms with Gasteiger partial charge in [0.25, 0.3) is 0 Å². The molecule has 0 spiro atoms. The Balaban J connectivity index is 2.27. The normalized spacial score (nSPS) is 24.8. The Hall–Kier alpha value is -1.38. The van der Waals surface area contributed by atoms with E-state index in [9.17, 15) is 4.79 Å². The second kappa shape index (κ2) is 2.55. The molecule has 2 heterocycles. The van der Waals surface area contributed by atoms with Crippen molar-refractivity contribution in [3.05, 3.63) is 30.1 Å². The summed E-state index contributed by atoms with van der Waals surface area (Å²) in [7, 11) is 0. The predicted octanol–water partition coefficient (Wildman–Crippen LogP) is 1.28. The highest BCUT2D eigenvalue weighted by Gasteiger charge is 2.47. The maximum atomic E-state index is 11.2. The molecule has 1 atom stereocenters. The summed E-state index contributed by atoms with van der Waals surface area (Å²) in [4.78, 5) is 15.1. The summed E-state index contributed by atoms with van der Waals surface area (Å²) in [5.74, 6) is 0.120. The molecule has 1 fully saturated rings. The highest BCUT2D eigenvalue weighted by atomic mass is 16.2. The standard InChI is InChI=1S/C10H12N2O/c1-10(2)8(12-9(10)13)7-3-5-11-6-4-7/h3-6,8H,1-2H3,(H,12,13)/t8-/m0/s1. The van der Waals surface area contributed by atoms with Crippen LogP contribution in [-0.2, 0) is 4.79 Å². The molecule has 0 bridgehead atoms. The van der Waals surface area contributed by atoms with E-state index in [-0.39, 0.29) is 17.4 Å². The third-order valence-electron chi connectivity index (χ3n) is 2.62. The Bertz CT molecular complexity index is 332. The first-order valence-corrected chi connectivity index (χ1v) is 4.33. The van der Waals surface area contributed by atoms with E-state index in [1.165, 1.54) is 0 Å². The summed E-state index contributed by atoms with van der Waals surface area (Å²) in [6.45, 7) is 3.91. The fourth-order valence-electron chi connectivity index (χ4n) is 1.61. The number of nitrogens with one attached hydrogen (secondary N) is 1. The van der Waals surface area contributed by atoms with Crippen molar-refractivity contribution in [1.82, 2.24) is 10.3 Å². The molecular weight excluding hydrogens is 164 g/mol. The van der Waals surface area contributed by atoms with E-state index in [1.54, 1.807) is 12.4 Å².